The minimum atomic E-state index is -0.462. The monoisotopic (exact) mass is 607 g/mol. The van der Waals surface area contributed by atoms with Crippen molar-refractivity contribution in [3.63, 3.8) is 0 Å². The molecule has 0 radical (unpaired) electrons. The fraction of sp³-hybridized carbons (Fsp3) is 0.805. The summed E-state index contributed by atoms with van der Waals surface area (Å²) in [5, 5.41) is 0. The van der Waals surface area contributed by atoms with E-state index in [1.54, 1.807) is 5.57 Å². The van der Waals surface area contributed by atoms with Gasteiger partial charge in [0.2, 0.25) is 0 Å². The number of hydrogen-bond acceptors (Lipinski definition) is 3. The van der Waals surface area contributed by atoms with Crippen LogP contribution in [0, 0.1) is 50.2 Å². The van der Waals surface area contributed by atoms with Gasteiger partial charge in [-0.05, 0) is 117 Å². The Morgan fingerprint density at radius 3 is 2.30 bits per heavy atom. The van der Waals surface area contributed by atoms with Crippen LogP contribution < -0.4 is 0 Å². The summed E-state index contributed by atoms with van der Waals surface area (Å²) in [6.45, 7) is 31.7. The molecule has 1 saturated heterocycles. The average Bonchev–Trinajstić information content (AvgIpc) is 2.92. The molecule has 0 aromatic carbocycles. The first kappa shape index (κ1) is 34.2. The van der Waals surface area contributed by atoms with Gasteiger partial charge in [0.15, 0.2) is 5.79 Å². The molecule has 3 heteroatoms. The minimum absolute atomic E-state index is 0. The third kappa shape index (κ3) is 4.83. The molecule has 0 N–H and O–H groups in total. The molecule has 0 spiro atoms. The maximum atomic E-state index is 6.87. The number of hydrogen-bond donors (Lipinski definition) is 0. The molecule has 5 fully saturated rings. The molecule has 248 valence electrons. The van der Waals surface area contributed by atoms with Gasteiger partial charge in [0, 0.05) is 10.8 Å². The molecular formula is C41H66O3. The first-order valence-corrected chi connectivity index (χ1v) is 17.6. The molecule has 44 heavy (non-hydrogen) atoms. The van der Waals surface area contributed by atoms with Crippen LogP contribution in [0.5, 0.6) is 0 Å². The Kier molecular flexibility index (Phi) is 8.50. The van der Waals surface area contributed by atoms with E-state index in [1.165, 1.54) is 44.9 Å². The van der Waals surface area contributed by atoms with Gasteiger partial charge in [0.05, 0.1) is 25.4 Å². The lowest BCUT2D eigenvalue weighted by atomic mass is 9.33. The zero-order valence-corrected chi connectivity index (χ0v) is 29.1. The number of fused-ring (bicyclic) bond motifs is 9. The summed E-state index contributed by atoms with van der Waals surface area (Å²) >= 11 is 0. The third-order valence-electron chi connectivity index (χ3n) is 15.0. The molecule has 4 saturated carbocycles. The fourth-order valence-corrected chi connectivity index (χ4v) is 12.3. The van der Waals surface area contributed by atoms with Crippen LogP contribution in [0.2, 0.25) is 0 Å². The van der Waals surface area contributed by atoms with Crippen molar-refractivity contribution in [2.45, 2.75) is 146 Å². The highest BCUT2D eigenvalue weighted by Crippen LogP contribution is 2.76. The van der Waals surface area contributed by atoms with Crippen LogP contribution >= 0.6 is 0 Å². The Morgan fingerprint density at radius 1 is 0.886 bits per heavy atom. The molecule has 0 bridgehead atoms. The molecular weight excluding hydrogens is 540 g/mol. The van der Waals surface area contributed by atoms with Gasteiger partial charge >= 0.3 is 0 Å². The summed E-state index contributed by atoms with van der Waals surface area (Å²) < 4.78 is 19.9. The second-order valence-electron chi connectivity index (χ2n) is 18.2. The highest BCUT2D eigenvalue weighted by Gasteiger charge is 2.70. The van der Waals surface area contributed by atoms with Gasteiger partial charge < -0.3 is 14.2 Å². The summed E-state index contributed by atoms with van der Waals surface area (Å²) in [6.07, 6.45) is 20.4. The maximum absolute atomic E-state index is 6.87. The molecule has 10 atom stereocenters. The summed E-state index contributed by atoms with van der Waals surface area (Å²) in [7, 11) is 0. The van der Waals surface area contributed by atoms with Crippen molar-refractivity contribution >= 4 is 0 Å². The predicted molar refractivity (Wildman–Crippen MR) is 184 cm³/mol. The van der Waals surface area contributed by atoms with E-state index < -0.39 is 5.79 Å². The highest BCUT2D eigenvalue weighted by molar-refractivity contribution is 5.34. The largest absolute Gasteiger partial charge is 0.373 e. The third-order valence-corrected chi connectivity index (χ3v) is 15.0. The smallest absolute Gasteiger partial charge is 0.163 e. The molecule has 3 nitrogen and oxygen atoms in total. The van der Waals surface area contributed by atoms with Gasteiger partial charge in [0.1, 0.15) is 0 Å². The van der Waals surface area contributed by atoms with Gasteiger partial charge in [-0.15, -0.1) is 0 Å². The topological polar surface area (TPSA) is 27.7 Å². The molecule has 6 rings (SSSR count). The quantitative estimate of drug-likeness (QED) is 0.230. The summed E-state index contributed by atoms with van der Waals surface area (Å²) in [6, 6.07) is 0. The van der Waals surface area contributed by atoms with Crippen LogP contribution in [0.25, 0.3) is 0 Å². The molecule has 0 aromatic heterocycles. The van der Waals surface area contributed by atoms with Crippen LogP contribution in [0.4, 0.5) is 0 Å². The first-order chi connectivity index (χ1) is 20.0. The van der Waals surface area contributed by atoms with E-state index in [0.717, 1.165) is 25.0 Å². The van der Waals surface area contributed by atoms with Crippen molar-refractivity contribution < 1.29 is 14.2 Å². The van der Waals surface area contributed by atoms with Crippen molar-refractivity contribution in [2.24, 2.45) is 50.2 Å². The molecule has 1 heterocycles. The lowest BCUT2D eigenvalue weighted by Gasteiger charge is -2.72. The SMILES string of the molecule is C.C=C/C=C(\C=C)COC1CC(C)(C)CC2C3=CCC4C5(C)CCC6OC(C)(C)OCC6(C)C5CCC4(C)C3(C)CCC12C. The van der Waals surface area contributed by atoms with E-state index in [4.69, 9.17) is 14.2 Å². The van der Waals surface area contributed by atoms with Crippen molar-refractivity contribution in [3.8, 4) is 0 Å². The van der Waals surface area contributed by atoms with Crippen LogP contribution in [-0.2, 0) is 14.2 Å². The Morgan fingerprint density at radius 2 is 1.61 bits per heavy atom. The van der Waals surface area contributed by atoms with E-state index in [2.05, 4.69) is 81.5 Å². The fourth-order valence-electron chi connectivity index (χ4n) is 12.3. The lowest BCUT2D eigenvalue weighted by molar-refractivity contribution is -0.351. The Balaban J connectivity index is 0.00000384. The Labute approximate surface area is 271 Å². The summed E-state index contributed by atoms with van der Waals surface area (Å²) in [5.74, 6) is 1.47. The molecule has 0 amide bonds. The maximum Gasteiger partial charge on any atom is 0.163 e. The van der Waals surface area contributed by atoms with Gasteiger partial charge in [-0.25, -0.2) is 0 Å². The summed E-state index contributed by atoms with van der Waals surface area (Å²) in [5.41, 5.74) is 4.30. The van der Waals surface area contributed by atoms with Crippen LogP contribution in [0.1, 0.15) is 128 Å². The minimum Gasteiger partial charge on any atom is -0.373 e. The first-order valence-electron chi connectivity index (χ1n) is 17.6. The second kappa shape index (κ2) is 10.9. The Hall–Kier alpha value is -1.16. The van der Waals surface area contributed by atoms with Gasteiger partial charge in [0.25, 0.3) is 0 Å². The molecule has 0 aromatic rings. The standard InChI is InChI=1S/C40H62O3.CH4/c1-12-14-27(13-2)25-41-33-24-34(3,4)23-29-28-15-16-31-37(8)19-18-32-38(9,26-42-35(5,6)43-32)30(37)17-20-40(31,11)39(28,10)22-21-36(29,33)7;/h12-15,29-33H,1-2,16-26H2,3-11H3;1H4/b27-14+;. The van der Waals surface area contributed by atoms with E-state index in [9.17, 15) is 0 Å². The van der Waals surface area contributed by atoms with Gasteiger partial charge in [-0.3, -0.25) is 0 Å². The highest BCUT2D eigenvalue weighted by atomic mass is 16.7. The normalized spacial score (nSPS) is 49.0. The van der Waals surface area contributed by atoms with Crippen molar-refractivity contribution in [1.82, 2.24) is 0 Å². The lowest BCUT2D eigenvalue weighted by Crippen LogP contribution is -2.68. The zero-order chi connectivity index (χ0) is 31.3. The Bertz CT molecular complexity index is 1210. The van der Waals surface area contributed by atoms with E-state index in [1.807, 2.05) is 18.2 Å². The number of allylic oxidation sites excluding steroid dienone is 4. The predicted octanol–water partition coefficient (Wildman–Crippen LogP) is 10.9. The number of rotatable bonds is 5. The van der Waals surface area contributed by atoms with Crippen LogP contribution in [0.15, 0.2) is 48.6 Å². The molecule has 10 unspecified atom stereocenters. The second-order valence-corrected chi connectivity index (χ2v) is 18.2. The average molecular weight is 607 g/mol. The van der Waals surface area contributed by atoms with Gasteiger partial charge in [-0.2, -0.15) is 0 Å². The van der Waals surface area contributed by atoms with Crippen LogP contribution in [-0.4, -0.2) is 31.2 Å². The summed E-state index contributed by atoms with van der Waals surface area (Å²) in [4.78, 5) is 0. The molecule has 5 aliphatic carbocycles. The van der Waals surface area contributed by atoms with E-state index in [0.29, 0.717) is 41.3 Å². The van der Waals surface area contributed by atoms with Crippen molar-refractivity contribution in [3.05, 3.63) is 48.6 Å². The van der Waals surface area contributed by atoms with E-state index >= 15 is 0 Å². The zero-order valence-electron chi connectivity index (χ0n) is 29.1. The van der Waals surface area contributed by atoms with Gasteiger partial charge in [-0.1, -0.05) is 98.9 Å². The van der Waals surface area contributed by atoms with Crippen molar-refractivity contribution in [1.29, 1.82) is 0 Å². The number of ether oxygens (including phenoxy) is 3. The molecule has 6 aliphatic rings. The molecule has 1 aliphatic heterocycles. The van der Waals surface area contributed by atoms with Crippen molar-refractivity contribution in [2.75, 3.05) is 13.2 Å². The van der Waals surface area contributed by atoms with Crippen LogP contribution in [0.3, 0.4) is 0 Å². The van der Waals surface area contributed by atoms with E-state index in [-0.39, 0.29) is 35.2 Å².